The molecule has 0 aliphatic rings. The van der Waals surface area contributed by atoms with Crippen LogP contribution in [0, 0.1) is 17.3 Å². The van der Waals surface area contributed by atoms with Gasteiger partial charge in [-0.15, -0.1) is 0 Å². The SMILES string of the molecule is C/C=C/C(CC/C=C/CC(C)(C)CC)C(CC(=O)SC[Si](OC)(OC)OC)C(=O)O. The Morgan fingerprint density at radius 2 is 1.73 bits per heavy atom. The predicted molar refractivity (Wildman–Crippen MR) is 125 cm³/mol. The first kappa shape index (κ1) is 29.1. The maximum Gasteiger partial charge on any atom is 0.511 e. The second-order valence-electron chi connectivity index (χ2n) is 8.07. The van der Waals surface area contributed by atoms with E-state index in [1.807, 2.05) is 19.1 Å². The highest BCUT2D eigenvalue weighted by Crippen LogP contribution is 2.28. The Hall–Kier alpha value is -0.933. The van der Waals surface area contributed by atoms with Gasteiger partial charge < -0.3 is 18.4 Å². The standard InChI is InChI=1S/C22H40O6SSi/c1-8-13-18(14-11-10-12-15-22(3,4)9-2)19(21(24)25)16-20(23)29-17-30(26-5,27-6)28-7/h8,10,12-13,18-19H,9,11,14-17H2,1-7H3,(H,24,25)/b12-10+,13-8+. The summed E-state index contributed by atoms with van der Waals surface area (Å²) < 4.78 is 16.0. The second-order valence-corrected chi connectivity index (χ2v) is 12.6. The summed E-state index contributed by atoms with van der Waals surface area (Å²) >= 11 is 1.02. The van der Waals surface area contributed by atoms with Crippen molar-refractivity contribution in [1.82, 2.24) is 0 Å². The second kappa shape index (κ2) is 15.0. The molecule has 0 radical (unpaired) electrons. The third-order valence-electron chi connectivity index (χ3n) is 5.46. The molecule has 0 aliphatic heterocycles. The van der Waals surface area contributed by atoms with Gasteiger partial charge >= 0.3 is 14.8 Å². The summed E-state index contributed by atoms with van der Waals surface area (Å²) in [6.45, 7) is 8.52. The van der Waals surface area contributed by atoms with Crippen LogP contribution in [0.4, 0.5) is 0 Å². The van der Waals surface area contributed by atoms with Crippen LogP contribution in [0.15, 0.2) is 24.3 Å². The topological polar surface area (TPSA) is 82.1 Å². The number of allylic oxidation sites excluding steroid dienone is 4. The highest BCUT2D eigenvalue weighted by atomic mass is 32.2. The smallest absolute Gasteiger partial charge is 0.481 e. The minimum Gasteiger partial charge on any atom is -0.481 e. The maximum atomic E-state index is 12.5. The molecule has 2 atom stereocenters. The Bertz CT molecular complexity index is 564. The number of aliphatic carboxylic acids is 1. The Kier molecular flexibility index (Phi) is 14.5. The molecule has 0 saturated carbocycles. The van der Waals surface area contributed by atoms with Crippen LogP contribution < -0.4 is 0 Å². The Morgan fingerprint density at radius 1 is 1.13 bits per heavy atom. The molecule has 0 aromatic carbocycles. The van der Waals surface area contributed by atoms with Gasteiger partial charge in [0.1, 0.15) is 0 Å². The monoisotopic (exact) mass is 460 g/mol. The lowest BCUT2D eigenvalue weighted by Gasteiger charge is -2.24. The number of rotatable bonds is 16. The van der Waals surface area contributed by atoms with Gasteiger partial charge in [-0.1, -0.05) is 63.3 Å². The van der Waals surface area contributed by atoms with E-state index in [-0.39, 0.29) is 28.2 Å². The zero-order valence-corrected chi connectivity index (χ0v) is 21.4. The van der Waals surface area contributed by atoms with Gasteiger partial charge in [-0.05, 0) is 37.5 Å². The highest BCUT2D eigenvalue weighted by molar-refractivity contribution is 8.14. The number of carboxylic acids is 1. The van der Waals surface area contributed by atoms with Gasteiger partial charge in [-0.25, -0.2) is 0 Å². The fraction of sp³-hybridized carbons (Fsp3) is 0.727. The minimum atomic E-state index is -2.88. The van der Waals surface area contributed by atoms with Gasteiger partial charge in [-0.3, -0.25) is 9.59 Å². The molecule has 0 aromatic rings. The first-order valence-corrected chi connectivity index (χ1v) is 13.3. The van der Waals surface area contributed by atoms with Gasteiger partial charge in [0.05, 0.1) is 11.3 Å². The third-order valence-corrected chi connectivity index (χ3v) is 9.81. The fourth-order valence-corrected chi connectivity index (χ4v) is 6.45. The van der Waals surface area contributed by atoms with E-state index in [1.165, 1.54) is 21.3 Å². The molecule has 0 spiro atoms. The summed E-state index contributed by atoms with van der Waals surface area (Å²) in [4.78, 5) is 24.4. The molecule has 30 heavy (non-hydrogen) atoms. The number of thioether (sulfide) groups is 1. The normalized spacial score (nSPS) is 15.0. The van der Waals surface area contributed by atoms with Crippen molar-refractivity contribution < 1.29 is 28.0 Å². The van der Waals surface area contributed by atoms with E-state index in [9.17, 15) is 14.7 Å². The van der Waals surface area contributed by atoms with Crippen LogP contribution in [0.25, 0.3) is 0 Å². The zero-order chi connectivity index (χ0) is 23.2. The Balaban J connectivity index is 4.95. The average molecular weight is 461 g/mol. The lowest BCUT2D eigenvalue weighted by molar-refractivity contribution is -0.144. The molecule has 0 bridgehead atoms. The van der Waals surface area contributed by atoms with Crippen LogP contribution in [0.2, 0.25) is 0 Å². The van der Waals surface area contributed by atoms with Crippen molar-refractivity contribution >= 4 is 31.7 Å². The molecular weight excluding hydrogens is 420 g/mol. The Labute approximate surface area is 187 Å². The van der Waals surface area contributed by atoms with Gasteiger partial charge in [0.15, 0.2) is 5.12 Å². The van der Waals surface area contributed by atoms with Crippen LogP contribution in [-0.4, -0.2) is 51.7 Å². The summed E-state index contributed by atoms with van der Waals surface area (Å²) in [6.07, 6.45) is 11.6. The summed E-state index contributed by atoms with van der Waals surface area (Å²) in [7, 11) is 1.58. The van der Waals surface area contributed by atoms with E-state index < -0.39 is 20.7 Å². The minimum absolute atomic E-state index is 0.0385. The molecular formula is C22H40O6SSi. The van der Waals surface area contributed by atoms with Crippen LogP contribution in [0.3, 0.4) is 0 Å². The average Bonchev–Trinajstić information content (AvgIpc) is 2.72. The lowest BCUT2D eigenvalue weighted by Crippen LogP contribution is -2.46. The van der Waals surface area contributed by atoms with Gasteiger partial charge in [-0.2, -0.15) is 0 Å². The van der Waals surface area contributed by atoms with E-state index in [0.29, 0.717) is 6.42 Å². The van der Waals surface area contributed by atoms with E-state index >= 15 is 0 Å². The third kappa shape index (κ3) is 10.9. The molecule has 0 heterocycles. The lowest BCUT2D eigenvalue weighted by atomic mass is 9.85. The first-order valence-electron chi connectivity index (χ1n) is 10.4. The zero-order valence-electron chi connectivity index (χ0n) is 19.6. The van der Waals surface area contributed by atoms with E-state index in [4.69, 9.17) is 13.3 Å². The summed E-state index contributed by atoms with van der Waals surface area (Å²) in [6, 6.07) is 0. The molecule has 0 saturated heterocycles. The van der Waals surface area contributed by atoms with Crippen molar-refractivity contribution in [3.05, 3.63) is 24.3 Å². The van der Waals surface area contributed by atoms with Crippen molar-refractivity contribution in [2.75, 3.05) is 26.7 Å². The van der Waals surface area contributed by atoms with Crippen LogP contribution >= 0.6 is 11.8 Å². The number of carboxylic acid groups (broad SMARTS) is 1. The molecule has 0 rings (SSSR count). The molecule has 174 valence electrons. The van der Waals surface area contributed by atoms with Crippen molar-refractivity contribution in [3.63, 3.8) is 0 Å². The molecule has 0 aliphatic carbocycles. The van der Waals surface area contributed by atoms with Crippen molar-refractivity contribution in [2.45, 2.75) is 59.8 Å². The molecule has 1 N–H and O–H groups in total. The van der Waals surface area contributed by atoms with Crippen molar-refractivity contribution in [3.8, 4) is 0 Å². The molecule has 8 heteroatoms. The van der Waals surface area contributed by atoms with Gasteiger partial charge in [0.25, 0.3) is 0 Å². The number of hydrogen-bond donors (Lipinski definition) is 1. The van der Waals surface area contributed by atoms with E-state index in [0.717, 1.165) is 31.0 Å². The predicted octanol–water partition coefficient (Wildman–Crippen LogP) is 5.11. The van der Waals surface area contributed by atoms with Crippen LogP contribution in [0.1, 0.15) is 59.8 Å². The fourth-order valence-electron chi connectivity index (χ4n) is 2.89. The molecule has 0 amide bonds. The van der Waals surface area contributed by atoms with Crippen LogP contribution in [0.5, 0.6) is 0 Å². The highest BCUT2D eigenvalue weighted by Gasteiger charge is 2.39. The summed E-state index contributed by atoms with van der Waals surface area (Å²) in [5.41, 5.74) is 0.275. The largest absolute Gasteiger partial charge is 0.511 e. The molecule has 6 nitrogen and oxygen atoms in total. The van der Waals surface area contributed by atoms with Crippen LogP contribution in [-0.2, 0) is 22.9 Å². The quantitative estimate of drug-likeness (QED) is 0.253. The Morgan fingerprint density at radius 3 is 2.20 bits per heavy atom. The summed E-state index contributed by atoms with van der Waals surface area (Å²) in [5.74, 6) is -1.91. The van der Waals surface area contributed by atoms with Crippen molar-refractivity contribution in [2.24, 2.45) is 17.3 Å². The van der Waals surface area contributed by atoms with E-state index in [1.54, 1.807) is 0 Å². The van der Waals surface area contributed by atoms with E-state index in [2.05, 4.69) is 32.9 Å². The van der Waals surface area contributed by atoms with Gasteiger partial charge in [0, 0.05) is 27.8 Å². The number of carbonyl (C=O) groups is 2. The first-order chi connectivity index (χ1) is 14.1. The number of hydrogen-bond acceptors (Lipinski definition) is 6. The number of carbonyl (C=O) groups excluding carboxylic acids is 1. The van der Waals surface area contributed by atoms with Crippen molar-refractivity contribution in [1.29, 1.82) is 0 Å². The molecule has 0 aromatic heterocycles. The molecule has 0 fully saturated rings. The maximum absolute atomic E-state index is 12.5. The van der Waals surface area contributed by atoms with Gasteiger partial charge in [0.2, 0.25) is 0 Å². The summed E-state index contributed by atoms with van der Waals surface area (Å²) in [5, 5.41) is 9.81. The molecule has 2 unspecified atom stereocenters.